The molecule has 1 unspecified atom stereocenters. The van der Waals surface area contributed by atoms with E-state index in [9.17, 15) is 4.39 Å². The fourth-order valence-electron chi connectivity index (χ4n) is 1.57. The van der Waals surface area contributed by atoms with Gasteiger partial charge in [-0.15, -0.1) is 0 Å². The van der Waals surface area contributed by atoms with Gasteiger partial charge in [0.05, 0.1) is 10.6 Å². The number of ether oxygens (including phenoxy) is 2. The van der Waals surface area contributed by atoms with Crippen molar-refractivity contribution in [3.8, 4) is 5.75 Å². The minimum Gasteiger partial charge on any atom is -0.487 e. The van der Waals surface area contributed by atoms with Gasteiger partial charge in [-0.05, 0) is 40.9 Å². The van der Waals surface area contributed by atoms with Gasteiger partial charge >= 0.3 is 0 Å². The Hall–Kier alpha value is -0.610. The van der Waals surface area contributed by atoms with Gasteiger partial charge in [0.2, 0.25) is 0 Å². The molecular weight excluding hydrogens is 263 g/mol. The van der Waals surface area contributed by atoms with Crippen molar-refractivity contribution in [2.75, 3.05) is 13.2 Å². The van der Waals surface area contributed by atoms with E-state index in [1.54, 1.807) is 12.1 Å². The third-order valence-electron chi connectivity index (χ3n) is 2.36. The average Bonchev–Trinajstić information content (AvgIpc) is 2.70. The van der Waals surface area contributed by atoms with E-state index in [0.717, 1.165) is 19.4 Å². The zero-order chi connectivity index (χ0) is 10.7. The maximum absolute atomic E-state index is 13.3. The van der Waals surface area contributed by atoms with Crippen molar-refractivity contribution in [2.24, 2.45) is 0 Å². The molecule has 0 spiro atoms. The Morgan fingerprint density at radius 2 is 2.40 bits per heavy atom. The van der Waals surface area contributed by atoms with Gasteiger partial charge in [-0.1, -0.05) is 6.07 Å². The molecular formula is C11H12BrFO2. The SMILES string of the molecule is Fc1cccc(Br)c1OCC1CCCO1. The van der Waals surface area contributed by atoms with E-state index in [1.165, 1.54) is 6.07 Å². The van der Waals surface area contributed by atoms with Crippen molar-refractivity contribution in [3.63, 3.8) is 0 Å². The zero-order valence-electron chi connectivity index (χ0n) is 8.21. The highest BCUT2D eigenvalue weighted by atomic mass is 79.9. The van der Waals surface area contributed by atoms with Crippen LogP contribution in [0.4, 0.5) is 4.39 Å². The van der Waals surface area contributed by atoms with Crippen molar-refractivity contribution in [1.82, 2.24) is 0 Å². The van der Waals surface area contributed by atoms with Crippen LogP contribution in [0.5, 0.6) is 5.75 Å². The normalized spacial score (nSPS) is 20.5. The molecule has 0 radical (unpaired) electrons. The van der Waals surface area contributed by atoms with Crippen LogP contribution in [-0.4, -0.2) is 19.3 Å². The maximum atomic E-state index is 13.3. The summed E-state index contributed by atoms with van der Waals surface area (Å²) in [5.41, 5.74) is 0. The lowest BCUT2D eigenvalue weighted by molar-refractivity contribution is 0.0663. The van der Waals surface area contributed by atoms with E-state index in [2.05, 4.69) is 15.9 Å². The highest BCUT2D eigenvalue weighted by Crippen LogP contribution is 2.28. The van der Waals surface area contributed by atoms with E-state index in [0.29, 0.717) is 11.1 Å². The summed E-state index contributed by atoms with van der Waals surface area (Å²) in [6.45, 7) is 1.20. The first kappa shape index (κ1) is 10.9. The molecule has 0 aromatic heterocycles. The van der Waals surface area contributed by atoms with Gasteiger partial charge in [-0.2, -0.15) is 0 Å². The van der Waals surface area contributed by atoms with Crippen LogP contribution in [0.3, 0.4) is 0 Å². The summed E-state index contributed by atoms with van der Waals surface area (Å²) in [6, 6.07) is 4.78. The molecule has 0 N–H and O–H groups in total. The molecule has 0 saturated carbocycles. The minimum absolute atomic E-state index is 0.108. The van der Waals surface area contributed by atoms with Gasteiger partial charge in [-0.3, -0.25) is 0 Å². The Bertz CT molecular complexity index is 317. The summed E-state index contributed by atoms with van der Waals surface area (Å²) >= 11 is 3.25. The molecule has 1 aliphatic rings. The van der Waals surface area contributed by atoms with Gasteiger partial charge in [0.25, 0.3) is 0 Å². The summed E-state index contributed by atoms with van der Waals surface area (Å²) < 4.78 is 24.8. The number of para-hydroxylation sites is 1. The molecule has 1 aliphatic heterocycles. The smallest absolute Gasteiger partial charge is 0.169 e. The molecule has 0 aliphatic carbocycles. The van der Waals surface area contributed by atoms with Crippen LogP contribution < -0.4 is 4.74 Å². The second-order valence-corrected chi connectivity index (χ2v) is 4.35. The molecule has 1 aromatic rings. The van der Waals surface area contributed by atoms with Crippen LogP contribution in [0, 0.1) is 5.82 Å². The Morgan fingerprint density at radius 3 is 3.07 bits per heavy atom. The molecule has 1 aromatic carbocycles. The maximum Gasteiger partial charge on any atom is 0.169 e. The van der Waals surface area contributed by atoms with Crippen molar-refractivity contribution in [1.29, 1.82) is 0 Å². The zero-order valence-corrected chi connectivity index (χ0v) is 9.80. The highest BCUT2D eigenvalue weighted by molar-refractivity contribution is 9.10. The summed E-state index contributed by atoms with van der Waals surface area (Å²) in [5, 5.41) is 0. The van der Waals surface area contributed by atoms with Gasteiger partial charge in [0.15, 0.2) is 11.6 Å². The Kier molecular flexibility index (Phi) is 3.59. The number of rotatable bonds is 3. The summed E-state index contributed by atoms with van der Waals surface area (Å²) in [6.07, 6.45) is 2.16. The van der Waals surface area contributed by atoms with Gasteiger partial charge in [0.1, 0.15) is 6.61 Å². The van der Waals surface area contributed by atoms with Crippen LogP contribution in [0.2, 0.25) is 0 Å². The van der Waals surface area contributed by atoms with Crippen molar-refractivity contribution in [2.45, 2.75) is 18.9 Å². The fourth-order valence-corrected chi connectivity index (χ4v) is 2.03. The quantitative estimate of drug-likeness (QED) is 0.843. The molecule has 82 valence electrons. The average molecular weight is 275 g/mol. The number of halogens is 2. The number of benzene rings is 1. The predicted octanol–water partition coefficient (Wildman–Crippen LogP) is 3.15. The Labute approximate surface area is 96.5 Å². The number of hydrogen-bond donors (Lipinski definition) is 0. The summed E-state index contributed by atoms with van der Waals surface area (Å²) in [4.78, 5) is 0. The summed E-state index contributed by atoms with van der Waals surface area (Å²) in [7, 11) is 0. The lowest BCUT2D eigenvalue weighted by Gasteiger charge is -2.12. The van der Waals surface area contributed by atoms with E-state index in [4.69, 9.17) is 9.47 Å². The molecule has 1 fully saturated rings. The van der Waals surface area contributed by atoms with Gasteiger partial charge in [-0.25, -0.2) is 4.39 Å². The van der Waals surface area contributed by atoms with E-state index in [-0.39, 0.29) is 17.7 Å². The predicted molar refractivity (Wildman–Crippen MR) is 58.6 cm³/mol. The first-order valence-corrected chi connectivity index (χ1v) is 5.75. The summed E-state index contributed by atoms with van der Waals surface area (Å²) in [5.74, 6) is -0.0737. The molecule has 0 bridgehead atoms. The van der Waals surface area contributed by atoms with Crippen LogP contribution >= 0.6 is 15.9 Å². The Morgan fingerprint density at radius 1 is 1.53 bits per heavy atom. The molecule has 2 nitrogen and oxygen atoms in total. The molecule has 1 saturated heterocycles. The van der Waals surface area contributed by atoms with E-state index < -0.39 is 0 Å². The Balaban J connectivity index is 1.97. The second kappa shape index (κ2) is 4.94. The van der Waals surface area contributed by atoms with Gasteiger partial charge < -0.3 is 9.47 Å². The first-order valence-electron chi connectivity index (χ1n) is 4.96. The van der Waals surface area contributed by atoms with Gasteiger partial charge in [0, 0.05) is 6.61 Å². The number of hydrogen-bond acceptors (Lipinski definition) is 2. The minimum atomic E-state index is -0.345. The monoisotopic (exact) mass is 274 g/mol. The van der Waals surface area contributed by atoms with Crippen molar-refractivity contribution >= 4 is 15.9 Å². The molecule has 15 heavy (non-hydrogen) atoms. The van der Waals surface area contributed by atoms with Crippen LogP contribution in [0.25, 0.3) is 0 Å². The largest absolute Gasteiger partial charge is 0.487 e. The topological polar surface area (TPSA) is 18.5 Å². The van der Waals surface area contributed by atoms with Crippen LogP contribution in [0.15, 0.2) is 22.7 Å². The lowest BCUT2D eigenvalue weighted by Crippen LogP contribution is -2.16. The molecule has 1 atom stereocenters. The second-order valence-electron chi connectivity index (χ2n) is 3.50. The van der Waals surface area contributed by atoms with Crippen LogP contribution in [0.1, 0.15) is 12.8 Å². The standard InChI is InChI=1S/C11H12BrFO2/c12-9-4-1-5-10(13)11(9)15-7-8-3-2-6-14-8/h1,4-5,8H,2-3,6-7H2. The van der Waals surface area contributed by atoms with Crippen LogP contribution in [-0.2, 0) is 4.74 Å². The van der Waals surface area contributed by atoms with Crippen molar-refractivity contribution < 1.29 is 13.9 Å². The third-order valence-corrected chi connectivity index (χ3v) is 2.98. The fraction of sp³-hybridized carbons (Fsp3) is 0.455. The highest BCUT2D eigenvalue weighted by Gasteiger charge is 2.17. The lowest BCUT2D eigenvalue weighted by atomic mass is 10.2. The first-order chi connectivity index (χ1) is 7.27. The van der Waals surface area contributed by atoms with Crippen molar-refractivity contribution in [3.05, 3.63) is 28.5 Å². The molecule has 0 amide bonds. The molecule has 1 heterocycles. The molecule has 4 heteroatoms. The van der Waals surface area contributed by atoms with E-state index in [1.807, 2.05) is 0 Å². The third kappa shape index (κ3) is 2.69. The van der Waals surface area contributed by atoms with E-state index >= 15 is 0 Å². The molecule has 2 rings (SSSR count).